The molecule has 5 heteroatoms. The third-order valence-corrected chi connectivity index (χ3v) is 1.31. The van der Waals surface area contributed by atoms with Gasteiger partial charge in [-0.15, -0.1) is 0 Å². The van der Waals surface area contributed by atoms with E-state index in [-0.39, 0.29) is 17.5 Å². The minimum atomic E-state index is -0.316. The summed E-state index contributed by atoms with van der Waals surface area (Å²) in [6, 6.07) is 1.37. The maximum absolute atomic E-state index is 11.2. The number of hydrogen-bond donors (Lipinski definition) is 2. The Bertz CT molecular complexity index is 330. The average molecular weight is 181 g/mol. The molecule has 3 N–H and O–H groups in total. The van der Waals surface area contributed by atoms with Gasteiger partial charge in [-0.25, -0.2) is 0 Å². The summed E-state index contributed by atoms with van der Waals surface area (Å²) in [5.41, 5.74) is 6.29. The quantitative estimate of drug-likeness (QED) is 0.667. The number of anilines is 1. The maximum Gasteiger partial charge on any atom is 0.273 e. The maximum atomic E-state index is 11.2. The van der Waals surface area contributed by atoms with Crippen molar-refractivity contribution in [3.63, 3.8) is 0 Å². The molecule has 1 aromatic heterocycles. The lowest BCUT2D eigenvalue weighted by Gasteiger charge is -1.99. The van der Waals surface area contributed by atoms with Crippen molar-refractivity contribution < 1.29 is 9.32 Å². The Morgan fingerprint density at radius 2 is 2.54 bits per heavy atom. The molecular formula is C8H11N3O2. The van der Waals surface area contributed by atoms with Gasteiger partial charge in [0.25, 0.3) is 5.91 Å². The fraction of sp³-hybridized carbons (Fsp3) is 0.250. The molecule has 0 atom stereocenters. The lowest BCUT2D eigenvalue weighted by atomic mass is 10.3. The van der Waals surface area contributed by atoms with E-state index in [1.165, 1.54) is 6.07 Å². The van der Waals surface area contributed by atoms with Crippen LogP contribution in [0.5, 0.6) is 0 Å². The summed E-state index contributed by atoms with van der Waals surface area (Å²) in [7, 11) is 0. The Hall–Kier alpha value is -1.78. The van der Waals surface area contributed by atoms with Gasteiger partial charge < -0.3 is 15.6 Å². The van der Waals surface area contributed by atoms with E-state index in [2.05, 4.69) is 21.6 Å². The van der Waals surface area contributed by atoms with Crippen molar-refractivity contribution in [1.29, 1.82) is 0 Å². The molecular weight excluding hydrogens is 170 g/mol. The highest BCUT2D eigenvalue weighted by molar-refractivity contribution is 5.92. The van der Waals surface area contributed by atoms with E-state index in [4.69, 9.17) is 5.73 Å². The monoisotopic (exact) mass is 181 g/mol. The summed E-state index contributed by atoms with van der Waals surface area (Å²) in [4.78, 5) is 11.2. The summed E-state index contributed by atoms with van der Waals surface area (Å²) in [6.45, 7) is 5.88. The predicted octanol–water partition coefficient (Wildman–Crippen LogP) is 0.563. The summed E-state index contributed by atoms with van der Waals surface area (Å²) in [6.07, 6.45) is 0. The standard InChI is InChI=1S/C8H11N3O2/c1-5(2)4-10-8(12)6-3-7(9)13-11-6/h3H,1,4,9H2,2H3,(H,10,12). The van der Waals surface area contributed by atoms with Crippen molar-refractivity contribution in [3.8, 4) is 0 Å². The van der Waals surface area contributed by atoms with E-state index < -0.39 is 0 Å². The number of rotatable bonds is 3. The predicted molar refractivity (Wildman–Crippen MR) is 48.1 cm³/mol. The molecule has 1 amide bonds. The van der Waals surface area contributed by atoms with Gasteiger partial charge in [0.15, 0.2) is 5.69 Å². The summed E-state index contributed by atoms with van der Waals surface area (Å²) < 4.78 is 4.54. The molecule has 0 aromatic carbocycles. The van der Waals surface area contributed by atoms with Gasteiger partial charge in [0.2, 0.25) is 5.88 Å². The van der Waals surface area contributed by atoms with Gasteiger partial charge in [0.05, 0.1) is 0 Å². The van der Waals surface area contributed by atoms with Crippen LogP contribution in [0.3, 0.4) is 0 Å². The second-order valence-corrected chi connectivity index (χ2v) is 2.75. The van der Waals surface area contributed by atoms with Gasteiger partial charge in [-0.3, -0.25) is 4.79 Å². The molecule has 0 aliphatic heterocycles. The van der Waals surface area contributed by atoms with Crippen molar-refractivity contribution in [3.05, 3.63) is 23.9 Å². The van der Waals surface area contributed by atoms with E-state index in [9.17, 15) is 4.79 Å². The van der Waals surface area contributed by atoms with Crippen LogP contribution in [0.2, 0.25) is 0 Å². The highest BCUT2D eigenvalue weighted by Crippen LogP contribution is 2.03. The first kappa shape index (κ1) is 9.31. The van der Waals surface area contributed by atoms with Crippen LogP contribution in [0.25, 0.3) is 0 Å². The number of amides is 1. The Kier molecular flexibility index (Phi) is 2.69. The third kappa shape index (κ3) is 2.62. The van der Waals surface area contributed by atoms with E-state index >= 15 is 0 Å². The van der Waals surface area contributed by atoms with Crippen LogP contribution >= 0.6 is 0 Å². The zero-order valence-corrected chi connectivity index (χ0v) is 7.33. The van der Waals surface area contributed by atoms with Crippen LogP contribution in [-0.2, 0) is 0 Å². The Morgan fingerprint density at radius 1 is 1.85 bits per heavy atom. The molecule has 0 saturated carbocycles. The van der Waals surface area contributed by atoms with E-state index in [0.717, 1.165) is 5.57 Å². The number of nitrogens with zero attached hydrogens (tertiary/aromatic N) is 1. The molecule has 70 valence electrons. The van der Waals surface area contributed by atoms with Crippen molar-refractivity contribution in [2.45, 2.75) is 6.92 Å². The average Bonchev–Trinajstić information content (AvgIpc) is 2.47. The largest absolute Gasteiger partial charge is 0.368 e. The molecule has 0 aliphatic rings. The molecule has 0 radical (unpaired) electrons. The number of nitrogens with two attached hydrogens (primary N) is 1. The van der Waals surface area contributed by atoms with Gasteiger partial charge in [-0.1, -0.05) is 17.3 Å². The van der Waals surface area contributed by atoms with Crippen molar-refractivity contribution in [1.82, 2.24) is 10.5 Å². The van der Waals surface area contributed by atoms with Crippen molar-refractivity contribution in [2.75, 3.05) is 12.3 Å². The molecule has 1 heterocycles. The van der Waals surface area contributed by atoms with Gasteiger partial charge in [-0.2, -0.15) is 0 Å². The molecule has 0 aliphatic carbocycles. The number of nitrogens with one attached hydrogen (secondary N) is 1. The Morgan fingerprint density at radius 3 is 3.00 bits per heavy atom. The van der Waals surface area contributed by atoms with Crippen molar-refractivity contribution in [2.24, 2.45) is 0 Å². The van der Waals surface area contributed by atoms with Crippen LogP contribution < -0.4 is 11.1 Å². The number of nitrogen functional groups attached to an aromatic ring is 1. The number of carbonyl (C=O) groups is 1. The molecule has 13 heavy (non-hydrogen) atoms. The first-order valence-electron chi connectivity index (χ1n) is 3.74. The zero-order chi connectivity index (χ0) is 9.84. The molecule has 0 fully saturated rings. The Balaban J connectivity index is 2.54. The van der Waals surface area contributed by atoms with E-state index in [0.29, 0.717) is 6.54 Å². The molecule has 5 nitrogen and oxygen atoms in total. The molecule has 0 saturated heterocycles. The SMILES string of the molecule is C=C(C)CNC(=O)c1cc(N)on1. The zero-order valence-electron chi connectivity index (χ0n) is 7.33. The van der Waals surface area contributed by atoms with Crippen LogP contribution in [-0.4, -0.2) is 17.6 Å². The first-order chi connectivity index (χ1) is 6.09. The third-order valence-electron chi connectivity index (χ3n) is 1.31. The molecule has 0 bridgehead atoms. The van der Waals surface area contributed by atoms with E-state index in [1.807, 2.05) is 6.92 Å². The van der Waals surface area contributed by atoms with Gasteiger partial charge >= 0.3 is 0 Å². The highest BCUT2D eigenvalue weighted by Gasteiger charge is 2.09. The fourth-order valence-corrected chi connectivity index (χ4v) is 0.718. The normalized spacial score (nSPS) is 9.62. The van der Waals surface area contributed by atoms with E-state index in [1.54, 1.807) is 0 Å². The number of carbonyl (C=O) groups excluding carboxylic acids is 1. The highest BCUT2D eigenvalue weighted by atomic mass is 16.5. The minimum Gasteiger partial charge on any atom is -0.368 e. The van der Waals surface area contributed by atoms with Crippen molar-refractivity contribution >= 4 is 11.8 Å². The minimum absolute atomic E-state index is 0.125. The summed E-state index contributed by atoms with van der Waals surface area (Å²) >= 11 is 0. The topological polar surface area (TPSA) is 81.2 Å². The molecule has 1 rings (SSSR count). The van der Waals surface area contributed by atoms with Gasteiger partial charge in [0, 0.05) is 12.6 Å². The molecule has 0 unspecified atom stereocenters. The van der Waals surface area contributed by atoms with Gasteiger partial charge in [0.1, 0.15) is 0 Å². The summed E-state index contributed by atoms with van der Waals surface area (Å²) in [5, 5.41) is 6.05. The van der Waals surface area contributed by atoms with Crippen LogP contribution in [0.15, 0.2) is 22.7 Å². The van der Waals surface area contributed by atoms with Crippen LogP contribution in [0.4, 0.5) is 5.88 Å². The lowest BCUT2D eigenvalue weighted by molar-refractivity contribution is 0.0948. The first-order valence-corrected chi connectivity index (χ1v) is 3.74. The second-order valence-electron chi connectivity index (χ2n) is 2.75. The number of aromatic nitrogens is 1. The van der Waals surface area contributed by atoms with Gasteiger partial charge in [-0.05, 0) is 6.92 Å². The second kappa shape index (κ2) is 3.75. The number of hydrogen-bond acceptors (Lipinski definition) is 4. The fourth-order valence-electron chi connectivity index (χ4n) is 0.718. The lowest BCUT2D eigenvalue weighted by Crippen LogP contribution is -2.25. The Labute approximate surface area is 75.6 Å². The van der Waals surface area contributed by atoms with Crippen LogP contribution in [0, 0.1) is 0 Å². The smallest absolute Gasteiger partial charge is 0.273 e. The van der Waals surface area contributed by atoms with Crippen LogP contribution in [0.1, 0.15) is 17.4 Å². The summed E-state index contributed by atoms with van der Waals surface area (Å²) in [5.74, 6) is -0.191. The molecule has 1 aromatic rings. The molecule has 0 spiro atoms.